The summed E-state index contributed by atoms with van der Waals surface area (Å²) < 4.78 is 6.46. The summed E-state index contributed by atoms with van der Waals surface area (Å²) >= 11 is 3.53. The molecule has 1 saturated heterocycles. The first-order valence-electron chi connectivity index (χ1n) is 8.97. The lowest BCUT2D eigenvalue weighted by molar-refractivity contribution is -0.906. The van der Waals surface area contributed by atoms with Crippen LogP contribution in [0.4, 0.5) is 5.82 Å². The molecule has 0 amide bonds. The normalized spacial score (nSPS) is 15.3. The van der Waals surface area contributed by atoms with Gasteiger partial charge in [0.15, 0.2) is 5.82 Å². The average Bonchev–Trinajstić information content (AvgIpc) is 2.68. The van der Waals surface area contributed by atoms with Crippen molar-refractivity contribution in [2.45, 2.75) is 0 Å². The number of ether oxygens (including phenoxy) is 1. The van der Waals surface area contributed by atoms with Gasteiger partial charge in [0.25, 0.3) is 0 Å². The second-order valence-electron chi connectivity index (χ2n) is 6.46. The Morgan fingerprint density at radius 1 is 1.04 bits per heavy atom. The van der Waals surface area contributed by atoms with Crippen LogP contribution in [0.5, 0.6) is 0 Å². The van der Waals surface area contributed by atoms with Crippen LogP contribution in [-0.2, 0) is 4.74 Å². The number of hydrogen-bond acceptors (Lipinski definition) is 4. The van der Waals surface area contributed by atoms with Crippen LogP contribution < -0.4 is 10.2 Å². The molecule has 26 heavy (non-hydrogen) atoms. The number of fused-ring (bicyclic) bond motifs is 1. The number of rotatable bonds is 5. The predicted octanol–water partition coefficient (Wildman–Crippen LogP) is 2.39. The molecule has 0 bridgehead atoms. The number of anilines is 1. The number of aromatic nitrogens is 2. The summed E-state index contributed by atoms with van der Waals surface area (Å²) in [5.74, 6) is 1.64. The topological polar surface area (TPSA) is 51.5 Å². The Labute approximate surface area is 161 Å². The number of quaternary nitrogens is 1. The second kappa shape index (κ2) is 8.12. The van der Waals surface area contributed by atoms with Crippen molar-refractivity contribution in [3.8, 4) is 11.4 Å². The maximum Gasteiger partial charge on any atom is 0.162 e. The number of hydrogen-bond donors (Lipinski definition) is 2. The van der Waals surface area contributed by atoms with Crippen LogP contribution in [0.2, 0.25) is 0 Å². The minimum Gasteiger partial charge on any atom is -0.370 e. The van der Waals surface area contributed by atoms with Gasteiger partial charge in [0.2, 0.25) is 0 Å². The van der Waals surface area contributed by atoms with Crippen LogP contribution >= 0.6 is 15.9 Å². The van der Waals surface area contributed by atoms with Crippen LogP contribution in [-0.4, -0.2) is 49.4 Å². The fourth-order valence-corrected chi connectivity index (χ4v) is 3.64. The van der Waals surface area contributed by atoms with Crippen molar-refractivity contribution in [2.75, 3.05) is 44.7 Å². The fraction of sp³-hybridized carbons (Fsp3) is 0.300. The molecular weight excluding hydrogens is 392 g/mol. The van der Waals surface area contributed by atoms with E-state index in [1.807, 2.05) is 42.5 Å². The highest BCUT2D eigenvalue weighted by Crippen LogP contribution is 2.26. The molecule has 3 aromatic rings. The number of halogens is 1. The molecule has 1 fully saturated rings. The highest BCUT2D eigenvalue weighted by Gasteiger charge is 2.14. The summed E-state index contributed by atoms with van der Waals surface area (Å²) in [7, 11) is 0. The van der Waals surface area contributed by atoms with Crippen LogP contribution in [0.15, 0.2) is 53.0 Å². The summed E-state index contributed by atoms with van der Waals surface area (Å²) in [5, 5.41) is 4.59. The van der Waals surface area contributed by atoms with Crippen LogP contribution in [0.1, 0.15) is 0 Å². The maximum atomic E-state index is 5.43. The standard InChI is InChI=1S/C20H21BrN4O/c21-16-5-3-4-15(14-16)19-23-18-7-2-1-6-17(18)20(24-19)22-8-9-25-10-12-26-13-11-25/h1-7,14H,8-13H2,(H,22,23,24)/p+1. The quantitative estimate of drug-likeness (QED) is 0.674. The highest BCUT2D eigenvalue weighted by molar-refractivity contribution is 9.10. The predicted molar refractivity (Wildman–Crippen MR) is 108 cm³/mol. The van der Waals surface area contributed by atoms with E-state index < -0.39 is 0 Å². The summed E-state index contributed by atoms with van der Waals surface area (Å²) in [6, 6.07) is 16.3. The molecule has 1 aliphatic heterocycles. The Kier molecular flexibility index (Phi) is 5.43. The lowest BCUT2D eigenvalue weighted by Crippen LogP contribution is -3.14. The minimum absolute atomic E-state index is 0.742. The van der Waals surface area contributed by atoms with E-state index in [0.717, 1.165) is 72.0 Å². The Morgan fingerprint density at radius 2 is 1.88 bits per heavy atom. The van der Waals surface area contributed by atoms with E-state index in [1.54, 1.807) is 4.90 Å². The summed E-state index contributed by atoms with van der Waals surface area (Å²) in [6.07, 6.45) is 0. The van der Waals surface area contributed by atoms with Gasteiger partial charge in [-0.3, -0.25) is 0 Å². The molecule has 2 N–H and O–H groups in total. The van der Waals surface area contributed by atoms with Crippen LogP contribution in [0.25, 0.3) is 22.3 Å². The molecular formula is C20H22BrN4O+. The van der Waals surface area contributed by atoms with Gasteiger partial charge in [0, 0.05) is 15.4 Å². The Hall–Kier alpha value is -2.02. The first kappa shape index (κ1) is 17.4. The zero-order valence-corrected chi connectivity index (χ0v) is 16.1. The number of morpholine rings is 1. The van der Waals surface area contributed by atoms with E-state index in [2.05, 4.69) is 27.3 Å². The third-order valence-corrected chi connectivity index (χ3v) is 5.15. The fourth-order valence-electron chi connectivity index (χ4n) is 3.24. The van der Waals surface area contributed by atoms with Gasteiger partial charge < -0.3 is 15.0 Å². The molecule has 0 radical (unpaired) electrons. The molecule has 6 heteroatoms. The molecule has 1 aliphatic rings. The van der Waals surface area contributed by atoms with Crippen molar-refractivity contribution in [1.82, 2.24) is 9.97 Å². The molecule has 0 atom stereocenters. The summed E-state index contributed by atoms with van der Waals surface area (Å²) in [6.45, 7) is 5.82. The molecule has 2 aromatic carbocycles. The van der Waals surface area contributed by atoms with Crippen molar-refractivity contribution >= 4 is 32.7 Å². The largest absolute Gasteiger partial charge is 0.370 e. The van der Waals surface area contributed by atoms with Gasteiger partial charge in [-0.15, -0.1) is 0 Å². The van der Waals surface area contributed by atoms with Crippen LogP contribution in [0.3, 0.4) is 0 Å². The molecule has 0 saturated carbocycles. The van der Waals surface area contributed by atoms with Crippen molar-refractivity contribution < 1.29 is 9.64 Å². The van der Waals surface area contributed by atoms with E-state index in [0.29, 0.717) is 0 Å². The van der Waals surface area contributed by atoms with Gasteiger partial charge >= 0.3 is 0 Å². The van der Waals surface area contributed by atoms with Gasteiger partial charge in [0.1, 0.15) is 18.9 Å². The smallest absolute Gasteiger partial charge is 0.162 e. The third kappa shape index (κ3) is 4.03. The van der Waals surface area contributed by atoms with E-state index in [9.17, 15) is 0 Å². The molecule has 1 aromatic heterocycles. The van der Waals surface area contributed by atoms with E-state index >= 15 is 0 Å². The zero-order valence-electron chi connectivity index (χ0n) is 14.5. The van der Waals surface area contributed by atoms with E-state index in [-0.39, 0.29) is 0 Å². The lowest BCUT2D eigenvalue weighted by atomic mass is 10.2. The SMILES string of the molecule is Brc1cccc(-c2nc(NCC[NH+]3CCOCC3)c3ccccc3n2)c1. The molecule has 2 heterocycles. The second-order valence-corrected chi connectivity index (χ2v) is 7.38. The van der Waals surface area contributed by atoms with Crippen molar-refractivity contribution in [3.63, 3.8) is 0 Å². The van der Waals surface area contributed by atoms with Gasteiger partial charge in [0.05, 0.1) is 31.8 Å². The molecule has 4 rings (SSSR count). The first-order valence-corrected chi connectivity index (χ1v) is 9.77. The van der Waals surface area contributed by atoms with Crippen molar-refractivity contribution in [3.05, 3.63) is 53.0 Å². The average molecular weight is 414 g/mol. The minimum atomic E-state index is 0.742. The van der Waals surface area contributed by atoms with Gasteiger partial charge in [-0.05, 0) is 24.3 Å². The van der Waals surface area contributed by atoms with Gasteiger partial charge in [-0.25, -0.2) is 9.97 Å². The number of benzene rings is 2. The molecule has 0 spiro atoms. The molecule has 134 valence electrons. The molecule has 0 aliphatic carbocycles. The Balaban J connectivity index is 1.59. The van der Waals surface area contributed by atoms with Gasteiger partial charge in [-0.2, -0.15) is 0 Å². The maximum absolute atomic E-state index is 5.43. The van der Waals surface area contributed by atoms with E-state index in [4.69, 9.17) is 14.7 Å². The third-order valence-electron chi connectivity index (χ3n) is 4.66. The zero-order chi connectivity index (χ0) is 17.8. The van der Waals surface area contributed by atoms with Crippen molar-refractivity contribution in [1.29, 1.82) is 0 Å². The Morgan fingerprint density at radius 3 is 2.73 bits per heavy atom. The summed E-state index contributed by atoms with van der Waals surface area (Å²) in [4.78, 5) is 11.1. The monoisotopic (exact) mass is 413 g/mol. The Bertz CT molecular complexity index is 896. The molecule has 5 nitrogen and oxygen atoms in total. The molecule has 0 unspecified atom stereocenters. The summed E-state index contributed by atoms with van der Waals surface area (Å²) in [5.41, 5.74) is 1.96. The number of nitrogens with one attached hydrogen (secondary N) is 2. The number of para-hydroxylation sites is 1. The highest BCUT2D eigenvalue weighted by atomic mass is 79.9. The van der Waals surface area contributed by atoms with Crippen molar-refractivity contribution in [2.24, 2.45) is 0 Å². The first-order chi connectivity index (χ1) is 12.8. The van der Waals surface area contributed by atoms with Gasteiger partial charge in [-0.1, -0.05) is 40.2 Å². The van der Waals surface area contributed by atoms with E-state index in [1.165, 1.54) is 0 Å². The lowest BCUT2D eigenvalue weighted by Gasteiger charge is -2.23. The number of nitrogens with zero attached hydrogens (tertiary/aromatic N) is 2. The van der Waals surface area contributed by atoms with Crippen LogP contribution in [0, 0.1) is 0 Å².